The molecule has 0 saturated carbocycles. The van der Waals surface area contributed by atoms with Crippen molar-refractivity contribution in [2.75, 3.05) is 0 Å². The smallest absolute Gasteiger partial charge is 0.125 e. The Morgan fingerprint density at radius 2 is 1.93 bits per heavy atom. The number of halogens is 1. The molecule has 0 bridgehead atoms. The van der Waals surface area contributed by atoms with Gasteiger partial charge in [-0.15, -0.1) is 0 Å². The van der Waals surface area contributed by atoms with Crippen LogP contribution in [0, 0.1) is 0 Å². The first-order chi connectivity index (χ1) is 6.80. The predicted molar refractivity (Wildman–Crippen MR) is 65.2 cm³/mol. The topological polar surface area (TPSA) is 29.5 Å². The molecule has 0 aliphatic rings. The summed E-state index contributed by atoms with van der Waals surface area (Å²) in [5.74, 6) is 0.737. The van der Waals surface area contributed by atoms with Crippen LogP contribution in [-0.4, -0.2) is 11.2 Å². The molecule has 0 heterocycles. The first kappa shape index (κ1) is 12.5. The van der Waals surface area contributed by atoms with E-state index in [1.54, 1.807) is 13.8 Å². The van der Waals surface area contributed by atoms with Gasteiger partial charge in [-0.05, 0) is 45.9 Å². The highest BCUT2D eigenvalue weighted by Gasteiger charge is 2.21. The van der Waals surface area contributed by atoms with Crippen LogP contribution in [0.15, 0.2) is 22.7 Å². The first-order valence-electron chi connectivity index (χ1n) is 5.00. The van der Waals surface area contributed by atoms with Crippen molar-refractivity contribution >= 4 is 15.9 Å². The fraction of sp³-hybridized carbons (Fsp3) is 0.500. The van der Waals surface area contributed by atoms with E-state index in [-0.39, 0.29) is 6.10 Å². The summed E-state index contributed by atoms with van der Waals surface area (Å²) in [6.45, 7) is 7.44. The fourth-order valence-corrected chi connectivity index (χ4v) is 1.70. The molecule has 0 fully saturated rings. The highest BCUT2D eigenvalue weighted by molar-refractivity contribution is 9.10. The van der Waals surface area contributed by atoms with E-state index in [9.17, 15) is 5.11 Å². The Balaban J connectivity index is 3.15. The van der Waals surface area contributed by atoms with Crippen LogP contribution in [0.3, 0.4) is 0 Å². The third kappa shape index (κ3) is 3.50. The summed E-state index contributed by atoms with van der Waals surface area (Å²) < 4.78 is 6.59. The summed E-state index contributed by atoms with van der Waals surface area (Å²) >= 11 is 3.39. The van der Waals surface area contributed by atoms with Crippen LogP contribution < -0.4 is 4.74 Å². The van der Waals surface area contributed by atoms with E-state index in [0.29, 0.717) is 0 Å². The van der Waals surface area contributed by atoms with Gasteiger partial charge in [0.2, 0.25) is 0 Å². The van der Waals surface area contributed by atoms with Crippen molar-refractivity contribution in [3.63, 3.8) is 0 Å². The molecule has 0 saturated heterocycles. The van der Waals surface area contributed by atoms with Crippen LogP contribution in [0.25, 0.3) is 0 Å². The molecule has 0 radical (unpaired) electrons. The molecule has 84 valence electrons. The average Bonchev–Trinajstić information content (AvgIpc) is 2.05. The van der Waals surface area contributed by atoms with Gasteiger partial charge < -0.3 is 9.84 Å². The Morgan fingerprint density at radius 3 is 2.40 bits per heavy atom. The standard InChI is InChI=1S/C12H17BrO2/c1-8(2)15-11-6-5-9(13)7-10(11)12(3,4)14/h5-8,14H,1-4H3. The van der Waals surface area contributed by atoms with Crippen LogP contribution in [0.5, 0.6) is 5.75 Å². The maximum absolute atomic E-state index is 10.0. The molecule has 0 aliphatic carbocycles. The van der Waals surface area contributed by atoms with Gasteiger partial charge in [-0.2, -0.15) is 0 Å². The van der Waals surface area contributed by atoms with Gasteiger partial charge in [0.1, 0.15) is 5.75 Å². The minimum Gasteiger partial charge on any atom is -0.491 e. The Morgan fingerprint density at radius 1 is 1.33 bits per heavy atom. The molecule has 1 N–H and O–H groups in total. The minimum absolute atomic E-state index is 0.104. The van der Waals surface area contributed by atoms with Gasteiger partial charge in [-0.3, -0.25) is 0 Å². The van der Waals surface area contributed by atoms with Crippen molar-refractivity contribution < 1.29 is 9.84 Å². The lowest BCUT2D eigenvalue weighted by Gasteiger charge is -2.23. The highest BCUT2D eigenvalue weighted by atomic mass is 79.9. The average molecular weight is 273 g/mol. The van der Waals surface area contributed by atoms with Crippen molar-refractivity contribution in [3.8, 4) is 5.75 Å². The van der Waals surface area contributed by atoms with Gasteiger partial charge in [-0.25, -0.2) is 0 Å². The molecular weight excluding hydrogens is 256 g/mol. The second kappa shape index (κ2) is 4.54. The Kier molecular flexibility index (Phi) is 3.79. The second-order valence-electron chi connectivity index (χ2n) is 4.37. The molecule has 1 aromatic rings. The number of ether oxygens (including phenoxy) is 1. The predicted octanol–water partition coefficient (Wildman–Crippen LogP) is 3.46. The number of benzene rings is 1. The zero-order chi connectivity index (χ0) is 11.6. The zero-order valence-electron chi connectivity index (χ0n) is 9.54. The summed E-state index contributed by atoms with van der Waals surface area (Å²) in [7, 11) is 0. The third-order valence-electron chi connectivity index (χ3n) is 1.96. The van der Waals surface area contributed by atoms with Crippen LogP contribution in [0.4, 0.5) is 0 Å². The van der Waals surface area contributed by atoms with E-state index in [1.165, 1.54) is 0 Å². The molecule has 0 atom stereocenters. The van der Waals surface area contributed by atoms with Crippen LogP contribution in [-0.2, 0) is 5.60 Å². The lowest BCUT2D eigenvalue weighted by Crippen LogP contribution is -2.18. The van der Waals surface area contributed by atoms with Gasteiger partial charge in [0.25, 0.3) is 0 Å². The van der Waals surface area contributed by atoms with Crippen molar-refractivity contribution in [3.05, 3.63) is 28.2 Å². The third-order valence-corrected chi connectivity index (χ3v) is 2.46. The molecule has 1 rings (SSSR count). The van der Waals surface area contributed by atoms with Crippen molar-refractivity contribution in [2.45, 2.75) is 39.4 Å². The second-order valence-corrected chi connectivity index (χ2v) is 5.28. The van der Waals surface area contributed by atoms with E-state index in [1.807, 2.05) is 32.0 Å². The summed E-state index contributed by atoms with van der Waals surface area (Å²) in [4.78, 5) is 0. The lowest BCUT2D eigenvalue weighted by molar-refractivity contribution is 0.0731. The van der Waals surface area contributed by atoms with Crippen LogP contribution in [0.1, 0.15) is 33.3 Å². The molecule has 2 nitrogen and oxygen atoms in total. The highest BCUT2D eigenvalue weighted by Crippen LogP contribution is 2.32. The number of hydrogen-bond acceptors (Lipinski definition) is 2. The maximum atomic E-state index is 10.0. The Bertz CT molecular complexity index is 340. The fourth-order valence-electron chi connectivity index (χ4n) is 1.34. The molecule has 0 spiro atoms. The van der Waals surface area contributed by atoms with E-state index in [4.69, 9.17) is 4.74 Å². The first-order valence-corrected chi connectivity index (χ1v) is 5.79. The number of aliphatic hydroxyl groups is 1. The molecular formula is C12H17BrO2. The van der Waals surface area contributed by atoms with Crippen LogP contribution in [0.2, 0.25) is 0 Å². The molecule has 0 unspecified atom stereocenters. The number of rotatable bonds is 3. The van der Waals surface area contributed by atoms with Gasteiger partial charge >= 0.3 is 0 Å². The molecule has 15 heavy (non-hydrogen) atoms. The Hall–Kier alpha value is -0.540. The van der Waals surface area contributed by atoms with Gasteiger partial charge in [-0.1, -0.05) is 15.9 Å². The number of hydrogen-bond donors (Lipinski definition) is 1. The molecule has 0 aliphatic heterocycles. The van der Waals surface area contributed by atoms with E-state index in [2.05, 4.69) is 15.9 Å². The largest absolute Gasteiger partial charge is 0.491 e. The van der Waals surface area contributed by atoms with Gasteiger partial charge in [0.05, 0.1) is 11.7 Å². The van der Waals surface area contributed by atoms with E-state index in [0.717, 1.165) is 15.8 Å². The van der Waals surface area contributed by atoms with Gasteiger partial charge in [0, 0.05) is 10.0 Å². The van der Waals surface area contributed by atoms with E-state index < -0.39 is 5.60 Å². The maximum Gasteiger partial charge on any atom is 0.125 e. The summed E-state index contributed by atoms with van der Waals surface area (Å²) in [5.41, 5.74) is -0.0980. The minimum atomic E-state index is -0.895. The quantitative estimate of drug-likeness (QED) is 0.913. The molecule has 1 aromatic carbocycles. The lowest BCUT2D eigenvalue weighted by atomic mass is 9.97. The Labute approximate surface area is 99.4 Å². The SMILES string of the molecule is CC(C)Oc1ccc(Br)cc1C(C)(C)O. The monoisotopic (exact) mass is 272 g/mol. The molecule has 0 aromatic heterocycles. The van der Waals surface area contributed by atoms with E-state index >= 15 is 0 Å². The summed E-state index contributed by atoms with van der Waals surface area (Å²) in [6, 6.07) is 5.67. The molecule has 3 heteroatoms. The normalized spacial score (nSPS) is 11.9. The summed E-state index contributed by atoms with van der Waals surface area (Å²) in [6.07, 6.45) is 0.104. The van der Waals surface area contributed by atoms with Gasteiger partial charge in [0.15, 0.2) is 0 Å². The van der Waals surface area contributed by atoms with Crippen molar-refractivity contribution in [1.29, 1.82) is 0 Å². The zero-order valence-corrected chi connectivity index (χ0v) is 11.1. The molecule has 0 amide bonds. The van der Waals surface area contributed by atoms with Crippen molar-refractivity contribution in [2.24, 2.45) is 0 Å². The van der Waals surface area contributed by atoms with Crippen molar-refractivity contribution in [1.82, 2.24) is 0 Å². The van der Waals surface area contributed by atoms with Crippen LogP contribution >= 0.6 is 15.9 Å². The summed E-state index contributed by atoms with van der Waals surface area (Å²) in [5, 5.41) is 10.0.